The Morgan fingerprint density at radius 1 is 1.18 bits per heavy atom. The molecule has 1 saturated carbocycles. The van der Waals surface area contributed by atoms with E-state index in [1.807, 2.05) is 6.92 Å². The fourth-order valence-electron chi connectivity index (χ4n) is 4.31. The first-order valence-electron chi connectivity index (χ1n) is 10.7. The summed E-state index contributed by atoms with van der Waals surface area (Å²) in [5.41, 5.74) is -1.48. The van der Waals surface area contributed by atoms with Gasteiger partial charge in [-0.1, -0.05) is 18.5 Å². The standard InChI is InChI=1S/C23H21ClF5N3O2/c1-11-6-18(32(10-11)22(34)13-4-5-30-19(7-13)23(27,28)29)21(33)31-20(12-2-3-12)14-8-17(26)15(24)9-16(14)25/h4-5,7-9,11-12,18,20H,2-3,6,10H2,1H3,(H,31,33)/t11-,18-,20-/m1/s1. The Balaban J connectivity index is 1.57. The first kappa shape index (κ1) is 24.4. The van der Waals surface area contributed by atoms with Gasteiger partial charge in [-0.05, 0) is 55.4 Å². The molecule has 1 saturated heterocycles. The largest absolute Gasteiger partial charge is 0.433 e. The molecule has 2 heterocycles. The van der Waals surface area contributed by atoms with E-state index in [1.165, 1.54) is 4.90 Å². The van der Waals surface area contributed by atoms with E-state index < -0.39 is 47.4 Å². The summed E-state index contributed by atoms with van der Waals surface area (Å²) in [6.07, 6.45) is -2.14. The van der Waals surface area contributed by atoms with Crippen molar-refractivity contribution in [2.45, 2.75) is 44.4 Å². The van der Waals surface area contributed by atoms with E-state index in [2.05, 4.69) is 10.3 Å². The minimum atomic E-state index is -4.72. The van der Waals surface area contributed by atoms with E-state index >= 15 is 0 Å². The van der Waals surface area contributed by atoms with E-state index in [-0.39, 0.29) is 41.0 Å². The number of halogens is 6. The lowest BCUT2D eigenvalue weighted by atomic mass is 10.00. The van der Waals surface area contributed by atoms with Gasteiger partial charge in [0.05, 0.1) is 11.1 Å². The van der Waals surface area contributed by atoms with Gasteiger partial charge in [-0.15, -0.1) is 0 Å². The Morgan fingerprint density at radius 2 is 1.88 bits per heavy atom. The third-order valence-corrected chi connectivity index (χ3v) is 6.43. The average Bonchev–Trinajstić information content (AvgIpc) is 3.54. The van der Waals surface area contributed by atoms with Crippen LogP contribution in [0.15, 0.2) is 30.5 Å². The first-order chi connectivity index (χ1) is 16.0. The molecule has 5 nitrogen and oxygen atoms in total. The highest BCUT2D eigenvalue weighted by Crippen LogP contribution is 2.43. The quantitative estimate of drug-likeness (QED) is 0.455. The molecule has 3 atom stereocenters. The summed E-state index contributed by atoms with van der Waals surface area (Å²) in [5.74, 6) is -3.07. The predicted molar refractivity (Wildman–Crippen MR) is 113 cm³/mol. The number of carbonyl (C=O) groups is 2. The van der Waals surface area contributed by atoms with Gasteiger partial charge in [-0.2, -0.15) is 13.2 Å². The molecular weight excluding hydrogens is 481 g/mol. The molecule has 2 aliphatic rings. The van der Waals surface area contributed by atoms with E-state index in [1.54, 1.807) is 0 Å². The SMILES string of the molecule is C[C@@H]1C[C@H](C(=O)N[C@@H](c2cc(F)c(Cl)cc2F)C2CC2)N(C(=O)c2ccnc(C(F)(F)F)c2)C1. The highest BCUT2D eigenvalue weighted by molar-refractivity contribution is 6.30. The molecule has 1 aliphatic heterocycles. The summed E-state index contributed by atoms with van der Waals surface area (Å²) in [7, 11) is 0. The van der Waals surface area contributed by atoms with E-state index in [0.29, 0.717) is 18.9 Å². The Morgan fingerprint density at radius 3 is 2.53 bits per heavy atom. The number of nitrogens with zero attached hydrogens (tertiary/aromatic N) is 2. The minimum absolute atomic E-state index is 0.0365. The number of pyridine rings is 1. The molecule has 0 bridgehead atoms. The molecule has 2 fully saturated rings. The molecule has 182 valence electrons. The van der Waals surface area contributed by atoms with Crippen LogP contribution >= 0.6 is 11.6 Å². The van der Waals surface area contributed by atoms with Crippen molar-refractivity contribution in [3.05, 3.63) is 63.9 Å². The third-order valence-electron chi connectivity index (χ3n) is 6.14. The maximum atomic E-state index is 14.6. The number of carbonyl (C=O) groups excluding carboxylic acids is 2. The number of hydrogen-bond acceptors (Lipinski definition) is 3. The molecule has 1 aliphatic carbocycles. The number of likely N-dealkylation sites (tertiary alicyclic amines) is 1. The zero-order chi connectivity index (χ0) is 24.8. The summed E-state index contributed by atoms with van der Waals surface area (Å²) >= 11 is 5.64. The van der Waals surface area contributed by atoms with Gasteiger partial charge in [0, 0.05) is 23.9 Å². The van der Waals surface area contributed by atoms with Crippen LogP contribution in [0.5, 0.6) is 0 Å². The van der Waals surface area contributed by atoms with Crippen molar-refractivity contribution in [1.82, 2.24) is 15.2 Å². The van der Waals surface area contributed by atoms with Gasteiger partial charge in [0.25, 0.3) is 5.91 Å². The molecule has 2 amide bonds. The van der Waals surface area contributed by atoms with E-state index in [4.69, 9.17) is 11.6 Å². The molecule has 2 aromatic rings. The molecular formula is C23H21ClF5N3O2. The monoisotopic (exact) mass is 501 g/mol. The molecule has 11 heteroatoms. The summed E-state index contributed by atoms with van der Waals surface area (Å²) in [5, 5.41) is 2.37. The first-order valence-corrected chi connectivity index (χ1v) is 11.1. The summed E-state index contributed by atoms with van der Waals surface area (Å²) < 4.78 is 67.7. The van der Waals surface area contributed by atoms with Crippen molar-refractivity contribution in [1.29, 1.82) is 0 Å². The minimum Gasteiger partial charge on any atom is -0.347 e. The van der Waals surface area contributed by atoms with Gasteiger partial charge < -0.3 is 10.2 Å². The molecule has 0 unspecified atom stereocenters. The summed E-state index contributed by atoms with van der Waals surface area (Å²) in [6, 6.07) is 1.84. The van der Waals surface area contributed by atoms with Crippen molar-refractivity contribution in [3.8, 4) is 0 Å². The molecule has 34 heavy (non-hydrogen) atoms. The van der Waals surface area contributed by atoms with E-state index in [9.17, 15) is 31.5 Å². The third kappa shape index (κ3) is 5.01. The lowest BCUT2D eigenvalue weighted by Gasteiger charge is -2.27. The van der Waals surface area contributed by atoms with Crippen LogP contribution in [0.4, 0.5) is 22.0 Å². The maximum absolute atomic E-state index is 14.6. The normalized spacial score (nSPS) is 21.4. The molecule has 0 radical (unpaired) electrons. The lowest BCUT2D eigenvalue weighted by Crippen LogP contribution is -2.47. The van der Waals surface area contributed by atoms with Crippen LogP contribution < -0.4 is 5.32 Å². The van der Waals surface area contributed by atoms with Gasteiger partial charge in [-0.25, -0.2) is 8.78 Å². The second kappa shape index (κ2) is 9.13. The number of aromatic nitrogens is 1. The van der Waals surface area contributed by atoms with Crippen LogP contribution in [0, 0.1) is 23.5 Å². The smallest absolute Gasteiger partial charge is 0.347 e. The van der Waals surface area contributed by atoms with Crippen LogP contribution in [0.1, 0.15) is 53.8 Å². The van der Waals surface area contributed by atoms with Crippen LogP contribution in [-0.4, -0.2) is 34.3 Å². The summed E-state index contributed by atoms with van der Waals surface area (Å²) in [6.45, 7) is 1.98. The van der Waals surface area contributed by atoms with Crippen molar-refractivity contribution in [3.63, 3.8) is 0 Å². The number of rotatable bonds is 5. The lowest BCUT2D eigenvalue weighted by molar-refractivity contribution is -0.141. The summed E-state index contributed by atoms with van der Waals surface area (Å²) in [4.78, 5) is 30.7. The second-order valence-electron chi connectivity index (χ2n) is 8.85. The molecule has 4 rings (SSSR count). The predicted octanol–water partition coefficient (Wildman–Crippen LogP) is 5.15. The zero-order valence-electron chi connectivity index (χ0n) is 18.0. The number of benzene rings is 1. The van der Waals surface area contributed by atoms with Crippen LogP contribution in [-0.2, 0) is 11.0 Å². The number of amides is 2. The van der Waals surface area contributed by atoms with Gasteiger partial charge >= 0.3 is 6.18 Å². The van der Waals surface area contributed by atoms with Crippen LogP contribution in [0.25, 0.3) is 0 Å². The van der Waals surface area contributed by atoms with Crippen molar-refractivity contribution < 1.29 is 31.5 Å². The Labute approximate surface area is 197 Å². The van der Waals surface area contributed by atoms with Gasteiger partial charge in [0.2, 0.25) is 5.91 Å². The number of alkyl halides is 3. The fourth-order valence-corrected chi connectivity index (χ4v) is 4.46. The van der Waals surface area contributed by atoms with Crippen LogP contribution in [0.2, 0.25) is 5.02 Å². The second-order valence-corrected chi connectivity index (χ2v) is 9.26. The molecule has 1 aromatic carbocycles. The van der Waals surface area contributed by atoms with Crippen molar-refractivity contribution in [2.75, 3.05) is 6.54 Å². The average molecular weight is 502 g/mol. The van der Waals surface area contributed by atoms with Crippen LogP contribution in [0.3, 0.4) is 0 Å². The Bertz CT molecular complexity index is 1120. The fraction of sp³-hybridized carbons (Fsp3) is 0.435. The molecule has 1 N–H and O–H groups in total. The van der Waals surface area contributed by atoms with E-state index in [0.717, 1.165) is 24.4 Å². The molecule has 1 aromatic heterocycles. The highest BCUT2D eigenvalue weighted by Gasteiger charge is 2.42. The number of nitrogens with one attached hydrogen (secondary N) is 1. The molecule has 0 spiro atoms. The number of hydrogen-bond donors (Lipinski definition) is 1. The topological polar surface area (TPSA) is 62.3 Å². The van der Waals surface area contributed by atoms with Crippen molar-refractivity contribution >= 4 is 23.4 Å². The highest BCUT2D eigenvalue weighted by atomic mass is 35.5. The Hall–Kier alpha value is -2.75. The Kier molecular flexibility index (Phi) is 6.54. The maximum Gasteiger partial charge on any atom is 0.433 e. The van der Waals surface area contributed by atoms with Gasteiger partial charge in [0.15, 0.2) is 0 Å². The zero-order valence-corrected chi connectivity index (χ0v) is 18.8. The van der Waals surface area contributed by atoms with Gasteiger partial charge in [0.1, 0.15) is 23.4 Å². The van der Waals surface area contributed by atoms with Crippen molar-refractivity contribution in [2.24, 2.45) is 11.8 Å². The van der Waals surface area contributed by atoms with Gasteiger partial charge in [-0.3, -0.25) is 14.6 Å².